The Morgan fingerprint density at radius 2 is 1.79 bits per heavy atom. The smallest absolute Gasteiger partial charge is 0.308 e. The Hall–Kier alpha value is -4.47. The second kappa shape index (κ2) is 11.1. The van der Waals surface area contributed by atoms with Crippen molar-refractivity contribution in [2.24, 2.45) is 0 Å². The number of alkyl halides is 3. The molecule has 12 heteroatoms. The molecule has 3 aromatic heterocycles. The fraction of sp³-hybridized carbons (Fsp3) is 0.259. The van der Waals surface area contributed by atoms with Gasteiger partial charge in [-0.05, 0) is 42.9 Å². The number of hydrogen-bond donors (Lipinski definition) is 3. The van der Waals surface area contributed by atoms with Crippen LogP contribution in [-0.2, 0) is 12.7 Å². The van der Waals surface area contributed by atoms with Crippen molar-refractivity contribution in [1.82, 2.24) is 30.0 Å². The number of urea groups is 1. The maximum absolute atomic E-state index is 13.8. The molecule has 3 N–H and O–H groups in total. The van der Waals surface area contributed by atoms with E-state index in [4.69, 9.17) is 0 Å². The molecule has 1 aromatic carbocycles. The van der Waals surface area contributed by atoms with Crippen molar-refractivity contribution in [2.75, 3.05) is 43.9 Å². The number of nitrogens with zero attached hydrogens (tertiary/aromatic N) is 5. The summed E-state index contributed by atoms with van der Waals surface area (Å²) in [7, 11) is 1.99. The van der Waals surface area contributed by atoms with Gasteiger partial charge in [-0.1, -0.05) is 17.9 Å². The number of halogens is 3. The lowest BCUT2D eigenvalue weighted by atomic mass is 10.0. The average molecular weight is 535 g/mol. The quantitative estimate of drug-likeness (QED) is 0.340. The number of rotatable bonds is 4. The van der Waals surface area contributed by atoms with E-state index in [9.17, 15) is 18.0 Å². The summed E-state index contributed by atoms with van der Waals surface area (Å²) in [5.74, 6) is 6.18. The monoisotopic (exact) mass is 534 g/mol. The van der Waals surface area contributed by atoms with Crippen LogP contribution < -0.4 is 10.6 Å². The Labute approximate surface area is 222 Å². The van der Waals surface area contributed by atoms with Crippen LogP contribution in [-0.4, -0.2) is 69.2 Å². The number of aromatic amines is 1. The summed E-state index contributed by atoms with van der Waals surface area (Å²) >= 11 is 0. The summed E-state index contributed by atoms with van der Waals surface area (Å²) < 4.78 is 41.5. The Bertz CT molecular complexity index is 1550. The number of carbonyl (C=O) groups excluding carboxylic acids is 1. The number of fused-ring (bicyclic) bond motifs is 1. The molecule has 39 heavy (non-hydrogen) atoms. The summed E-state index contributed by atoms with van der Waals surface area (Å²) in [5, 5.41) is 12.5. The predicted octanol–water partition coefficient (Wildman–Crippen LogP) is 4.16. The van der Waals surface area contributed by atoms with Crippen LogP contribution in [0.25, 0.3) is 11.0 Å². The van der Waals surface area contributed by atoms with Crippen LogP contribution in [0.2, 0.25) is 0 Å². The molecular weight excluding hydrogens is 509 g/mol. The van der Waals surface area contributed by atoms with Gasteiger partial charge in [-0.25, -0.2) is 14.8 Å². The lowest BCUT2D eigenvalue weighted by Gasteiger charge is -2.33. The van der Waals surface area contributed by atoms with Crippen molar-refractivity contribution in [1.29, 1.82) is 0 Å². The maximum Gasteiger partial charge on any atom is 0.416 e. The van der Waals surface area contributed by atoms with Crippen LogP contribution in [0.4, 0.5) is 29.5 Å². The van der Waals surface area contributed by atoms with Gasteiger partial charge in [0.15, 0.2) is 5.65 Å². The molecule has 1 aliphatic heterocycles. The highest BCUT2D eigenvalue weighted by Gasteiger charge is 2.34. The van der Waals surface area contributed by atoms with Gasteiger partial charge in [0.25, 0.3) is 0 Å². The summed E-state index contributed by atoms with van der Waals surface area (Å²) in [6.07, 6.45) is 0.195. The molecule has 0 bridgehead atoms. The van der Waals surface area contributed by atoms with Gasteiger partial charge in [-0.3, -0.25) is 15.3 Å². The largest absolute Gasteiger partial charge is 0.416 e. The third-order valence-electron chi connectivity index (χ3n) is 6.31. The standard InChI is InChI=1S/C27H25F3N8O/c1-37-8-10-38(11-9-37)17-20-4-5-22(14-23(20)27(28,29)30)34-26(39)35-24-13-18(6-7-31-24)2-3-19-12-21-16-33-36-25(21)32-15-19/h4-7,12-16H,8-11,17H2,1H3,(H,32,33,36)(H2,31,34,35,39). The molecule has 0 radical (unpaired) electrons. The van der Waals surface area contributed by atoms with E-state index < -0.39 is 17.8 Å². The number of amides is 2. The minimum absolute atomic E-state index is 0.0278. The van der Waals surface area contributed by atoms with E-state index in [1.807, 2.05) is 18.0 Å². The van der Waals surface area contributed by atoms with Crippen molar-refractivity contribution in [2.45, 2.75) is 12.7 Å². The molecule has 5 rings (SSSR count). The summed E-state index contributed by atoms with van der Waals surface area (Å²) in [5.41, 5.74) is 1.37. The minimum atomic E-state index is -4.55. The highest BCUT2D eigenvalue weighted by atomic mass is 19.4. The van der Waals surface area contributed by atoms with Crippen LogP contribution in [0, 0.1) is 11.8 Å². The normalized spacial score (nSPS) is 14.6. The van der Waals surface area contributed by atoms with Gasteiger partial charge >= 0.3 is 12.2 Å². The topological polar surface area (TPSA) is 102 Å². The number of hydrogen-bond acceptors (Lipinski definition) is 6. The van der Waals surface area contributed by atoms with Gasteiger partial charge in [0.2, 0.25) is 0 Å². The fourth-order valence-electron chi connectivity index (χ4n) is 4.21. The van der Waals surface area contributed by atoms with Crippen molar-refractivity contribution in [3.63, 3.8) is 0 Å². The zero-order chi connectivity index (χ0) is 27.4. The number of benzene rings is 1. The molecule has 1 fully saturated rings. The summed E-state index contributed by atoms with van der Waals surface area (Å²) in [6, 6.07) is 8.22. The molecule has 0 unspecified atom stereocenters. The maximum atomic E-state index is 13.8. The predicted molar refractivity (Wildman–Crippen MR) is 141 cm³/mol. The number of pyridine rings is 2. The average Bonchev–Trinajstić information content (AvgIpc) is 3.37. The van der Waals surface area contributed by atoms with E-state index in [0.717, 1.165) is 24.5 Å². The Morgan fingerprint density at radius 3 is 2.59 bits per heavy atom. The molecule has 0 saturated carbocycles. The number of carbonyl (C=O) groups is 1. The van der Waals surface area contributed by atoms with Gasteiger partial charge in [-0.2, -0.15) is 18.3 Å². The van der Waals surface area contributed by atoms with Gasteiger partial charge in [0.1, 0.15) is 5.82 Å². The molecule has 4 aromatic rings. The van der Waals surface area contributed by atoms with Crippen molar-refractivity contribution >= 4 is 28.6 Å². The van der Waals surface area contributed by atoms with Crippen LogP contribution in [0.1, 0.15) is 22.3 Å². The van der Waals surface area contributed by atoms with E-state index in [1.165, 1.54) is 18.3 Å². The first-order valence-corrected chi connectivity index (χ1v) is 12.2. The number of anilines is 2. The van der Waals surface area contributed by atoms with E-state index in [1.54, 1.807) is 24.5 Å². The first-order chi connectivity index (χ1) is 18.7. The molecule has 2 amide bonds. The Morgan fingerprint density at radius 1 is 1.00 bits per heavy atom. The lowest BCUT2D eigenvalue weighted by molar-refractivity contribution is -0.138. The molecule has 4 heterocycles. The second-order valence-electron chi connectivity index (χ2n) is 9.24. The number of nitrogens with one attached hydrogen (secondary N) is 3. The summed E-state index contributed by atoms with van der Waals surface area (Å²) in [4.78, 5) is 25.0. The highest BCUT2D eigenvalue weighted by Crippen LogP contribution is 2.34. The minimum Gasteiger partial charge on any atom is -0.308 e. The first kappa shape index (κ1) is 26.1. The second-order valence-corrected chi connectivity index (χ2v) is 9.24. The van der Waals surface area contributed by atoms with Crippen molar-refractivity contribution in [3.8, 4) is 11.8 Å². The van der Waals surface area contributed by atoms with Crippen molar-refractivity contribution in [3.05, 3.63) is 77.2 Å². The Kier molecular flexibility index (Phi) is 7.44. The molecule has 0 aliphatic carbocycles. The van der Waals surface area contributed by atoms with Crippen LogP contribution in [0.15, 0.2) is 55.0 Å². The summed E-state index contributed by atoms with van der Waals surface area (Å²) in [6.45, 7) is 3.20. The highest BCUT2D eigenvalue weighted by molar-refractivity contribution is 5.99. The molecule has 1 saturated heterocycles. The molecule has 9 nitrogen and oxygen atoms in total. The molecule has 0 atom stereocenters. The first-order valence-electron chi connectivity index (χ1n) is 12.2. The van der Waals surface area contributed by atoms with E-state index in [-0.39, 0.29) is 23.6 Å². The van der Waals surface area contributed by atoms with E-state index >= 15 is 0 Å². The van der Waals surface area contributed by atoms with Crippen molar-refractivity contribution < 1.29 is 18.0 Å². The van der Waals surface area contributed by atoms with E-state index in [0.29, 0.717) is 29.9 Å². The van der Waals surface area contributed by atoms with Crippen LogP contribution in [0.3, 0.4) is 0 Å². The molecular formula is C27H25F3N8O. The third kappa shape index (κ3) is 6.70. The van der Waals surface area contributed by atoms with Gasteiger partial charge in [0.05, 0.1) is 11.8 Å². The molecule has 0 spiro atoms. The van der Waals surface area contributed by atoms with Crippen LogP contribution >= 0.6 is 0 Å². The zero-order valence-electron chi connectivity index (χ0n) is 21.0. The molecule has 1 aliphatic rings. The Balaban J connectivity index is 1.25. The fourth-order valence-corrected chi connectivity index (χ4v) is 4.21. The van der Waals surface area contributed by atoms with Gasteiger partial charge < -0.3 is 10.2 Å². The number of H-pyrrole nitrogens is 1. The van der Waals surface area contributed by atoms with E-state index in [2.05, 4.69) is 47.5 Å². The molecule has 200 valence electrons. The lowest BCUT2D eigenvalue weighted by Crippen LogP contribution is -2.44. The number of piperazine rings is 1. The van der Waals surface area contributed by atoms with Gasteiger partial charge in [-0.15, -0.1) is 0 Å². The van der Waals surface area contributed by atoms with Crippen LogP contribution in [0.5, 0.6) is 0 Å². The number of aromatic nitrogens is 4. The van der Waals surface area contributed by atoms with Gasteiger partial charge in [0, 0.05) is 67.3 Å². The zero-order valence-corrected chi connectivity index (χ0v) is 21.0. The number of likely N-dealkylation sites (N-methyl/N-ethyl adjacent to an activating group) is 1. The SMILES string of the molecule is CN1CCN(Cc2ccc(NC(=O)Nc3cc(C#Cc4cnc5[nH]ncc5c4)ccn3)cc2C(F)(F)F)CC1. The third-order valence-corrected chi connectivity index (χ3v) is 6.31.